The number of unbranched alkanes of at least 4 members (excludes halogenated alkanes) is 15. The Balaban J connectivity index is 2.59. The molecule has 1 rings (SSSR count). The van der Waals surface area contributed by atoms with E-state index in [9.17, 15) is 35.4 Å². The summed E-state index contributed by atoms with van der Waals surface area (Å²) in [7, 11) is 0. The summed E-state index contributed by atoms with van der Waals surface area (Å²) in [5, 5.41) is 64.0. The van der Waals surface area contributed by atoms with Gasteiger partial charge < -0.3 is 45.4 Å². The van der Waals surface area contributed by atoms with E-state index in [1.807, 2.05) is 6.08 Å². The van der Waals surface area contributed by atoms with E-state index in [0.717, 1.165) is 44.9 Å². The summed E-state index contributed by atoms with van der Waals surface area (Å²) >= 11 is 0. The molecular weight excluding hydrogens is 590 g/mol. The molecule has 1 fully saturated rings. The molecule has 7 N–H and O–H groups in total. The van der Waals surface area contributed by atoms with Crippen molar-refractivity contribution in [2.24, 2.45) is 0 Å². The largest absolute Gasteiger partial charge is 0.394 e. The monoisotopic (exact) mass is 657 g/mol. The van der Waals surface area contributed by atoms with Crippen LogP contribution in [0.15, 0.2) is 24.3 Å². The third-order valence-corrected chi connectivity index (χ3v) is 8.63. The van der Waals surface area contributed by atoms with Crippen molar-refractivity contribution in [2.75, 3.05) is 13.2 Å². The number of nitrogens with one attached hydrogen (secondary N) is 1. The lowest BCUT2D eigenvalue weighted by Gasteiger charge is -2.40. The second-order valence-corrected chi connectivity index (χ2v) is 12.8. The molecule has 10 heteroatoms. The van der Waals surface area contributed by atoms with Crippen molar-refractivity contribution in [3.05, 3.63) is 24.3 Å². The molecule has 1 heterocycles. The van der Waals surface area contributed by atoms with Gasteiger partial charge in [-0.05, 0) is 38.5 Å². The Morgan fingerprint density at radius 3 is 1.89 bits per heavy atom. The van der Waals surface area contributed by atoms with Gasteiger partial charge in [-0.25, -0.2) is 0 Å². The first-order valence-corrected chi connectivity index (χ1v) is 18.2. The Hall–Kier alpha value is -1.37. The zero-order chi connectivity index (χ0) is 34.0. The van der Waals surface area contributed by atoms with Gasteiger partial charge >= 0.3 is 0 Å². The first kappa shape index (κ1) is 42.7. The van der Waals surface area contributed by atoms with Crippen LogP contribution >= 0.6 is 0 Å². The minimum absolute atomic E-state index is 0.288. The van der Waals surface area contributed by atoms with E-state index >= 15 is 0 Å². The van der Waals surface area contributed by atoms with Crippen LogP contribution in [-0.4, -0.2) is 98.7 Å². The highest BCUT2D eigenvalue weighted by Gasteiger charge is 2.44. The van der Waals surface area contributed by atoms with Gasteiger partial charge in [0.1, 0.15) is 30.5 Å². The number of hydrogen-bond donors (Lipinski definition) is 7. The molecule has 1 aliphatic heterocycles. The minimum atomic E-state index is -1.61. The molecular formula is C36H67NO9. The van der Waals surface area contributed by atoms with Gasteiger partial charge in [0.2, 0.25) is 5.91 Å². The Labute approximate surface area is 278 Å². The van der Waals surface area contributed by atoms with Crippen molar-refractivity contribution in [3.8, 4) is 0 Å². The number of allylic oxidation sites excluding steroid dienone is 3. The van der Waals surface area contributed by atoms with E-state index in [4.69, 9.17) is 9.47 Å². The Bertz CT molecular complexity index is 793. The maximum atomic E-state index is 12.9. The van der Waals surface area contributed by atoms with Crippen molar-refractivity contribution in [3.63, 3.8) is 0 Å². The van der Waals surface area contributed by atoms with Crippen molar-refractivity contribution in [2.45, 2.75) is 185 Å². The van der Waals surface area contributed by atoms with Gasteiger partial charge in [-0.2, -0.15) is 0 Å². The van der Waals surface area contributed by atoms with E-state index in [2.05, 4.69) is 31.3 Å². The number of aliphatic hydroxyl groups excluding tert-OH is 6. The maximum Gasteiger partial charge on any atom is 0.249 e. The molecule has 10 nitrogen and oxygen atoms in total. The average Bonchev–Trinajstić information content (AvgIpc) is 3.05. The molecule has 0 saturated carbocycles. The summed E-state index contributed by atoms with van der Waals surface area (Å²) in [6.07, 6.45) is 18.5. The van der Waals surface area contributed by atoms with E-state index < -0.39 is 61.5 Å². The molecule has 0 radical (unpaired) electrons. The SMILES string of the molecule is CCCC/C=C\CCCCCC(O)C(=O)NC(COC1OC(CO)C(O)C(O)C1O)C(O)/C=C/CCCCCCCCCCCC. The van der Waals surface area contributed by atoms with E-state index in [1.165, 1.54) is 64.2 Å². The maximum absolute atomic E-state index is 12.9. The zero-order valence-electron chi connectivity index (χ0n) is 28.7. The number of aliphatic hydroxyl groups is 6. The molecule has 0 aromatic rings. The smallest absolute Gasteiger partial charge is 0.249 e. The van der Waals surface area contributed by atoms with Gasteiger partial charge in [0.25, 0.3) is 0 Å². The summed E-state index contributed by atoms with van der Waals surface area (Å²) in [5.41, 5.74) is 0. The molecule has 46 heavy (non-hydrogen) atoms. The highest BCUT2D eigenvalue weighted by atomic mass is 16.7. The van der Waals surface area contributed by atoms with Gasteiger partial charge in [-0.1, -0.05) is 122 Å². The molecule has 0 aromatic heterocycles. The highest BCUT2D eigenvalue weighted by Crippen LogP contribution is 2.22. The first-order valence-electron chi connectivity index (χ1n) is 18.2. The van der Waals surface area contributed by atoms with Crippen LogP contribution in [0.2, 0.25) is 0 Å². The number of hydrogen-bond acceptors (Lipinski definition) is 9. The van der Waals surface area contributed by atoms with Crippen LogP contribution in [0.1, 0.15) is 136 Å². The van der Waals surface area contributed by atoms with E-state index in [0.29, 0.717) is 6.42 Å². The molecule has 1 aliphatic rings. The first-order chi connectivity index (χ1) is 22.3. The molecule has 0 aliphatic carbocycles. The number of carbonyl (C=O) groups is 1. The standard InChI is InChI=1S/C36H67NO9/c1-3-5-7-9-11-13-14-15-17-18-20-22-24-29(39)28(27-45-36-34(43)33(42)32(41)31(26-38)46-36)37-35(44)30(40)25-23-21-19-16-12-10-8-6-4-2/h10,12,22,24,28-34,36,38-43H,3-9,11,13-21,23,25-27H2,1-2H3,(H,37,44)/b12-10-,24-22+. The van der Waals surface area contributed by atoms with Crippen LogP contribution in [0.4, 0.5) is 0 Å². The lowest BCUT2D eigenvalue weighted by atomic mass is 9.99. The predicted octanol–water partition coefficient (Wildman–Crippen LogP) is 4.57. The number of ether oxygens (including phenoxy) is 2. The number of amides is 1. The molecule has 270 valence electrons. The van der Waals surface area contributed by atoms with Crippen LogP contribution < -0.4 is 5.32 Å². The fourth-order valence-electron chi connectivity index (χ4n) is 5.49. The zero-order valence-corrected chi connectivity index (χ0v) is 28.7. The minimum Gasteiger partial charge on any atom is -0.394 e. The Morgan fingerprint density at radius 2 is 1.28 bits per heavy atom. The summed E-state index contributed by atoms with van der Waals surface area (Å²) in [6, 6.07) is -0.980. The van der Waals surface area contributed by atoms with Gasteiger partial charge in [-0.3, -0.25) is 4.79 Å². The van der Waals surface area contributed by atoms with Crippen LogP contribution in [0.25, 0.3) is 0 Å². The fourth-order valence-corrected chi connectivity index (χ4v) is 5.49. The second kappa shape index (κ2) is 27.6. The van der Waals surface area contributed by atoms with Crippen LogP contribution in [-0.2, 0) is 14.3 Å². The molecule has 0 aromatic carbocycles. The summed E-state index contributed by atoms with van der Waals surface area (Å²) in [4.78, 5) is 12.9. The molecule has 8 atom stereocenters. The van der Waals surface area contributed by atoms with Gasteiger partial charge in [0, 0.05) is 0 Å². The average molecular weight is 658 g/mol. The third kappa shape index (κ3) is 18.8. The van der Waals surface area contributed by atoms with Crippen LogP contribution in [0, 0.1) is 0 Å². The number of carbonyl (C=O) groups excluding carboxylic acids is 1. The van der Waals surface area contributed by atoms with Crippen LogP contribution in [0.5, 0.6) is 0 Å². The molecule has 8 unspecified atom stereocenters. The van der Waals surface area contributed by atoms with E-state index in [-0.39, 0.29) is 13.0 Å². The van der Waals surface area contributed by atoms with E-state index in [1.54, 1.807) is 6.08 Å². The van der Waals surface area contributed by atoms with Gasteiger partial charge in [-0.15, -0.1) is 0 Å². The lowest BCUT2D eigenvalue weighted by molar-refractivity contribution is -0.302. The number of rotatable bonds is 28. The molecule has 0 bridgehead atoms. The Kier molecular flexibility index (Phi) is 25.6. The lowest BCUT2D eigenvalue weighted by Crippen LogP contribution is -2.60. The second-order valence-electron chi connectivity index (χ2n) is 12.8. The molecule has 1 saturated heterocycles. The summed E-state index contributed by atoms with van der Waals surface area (Å²) in [6.45, 7) is 3.48. The van der Waals surface area contributed by atoms with Gasteiger partial charge in [0.05, 0.1) is 25.4 Å². The summed E-state index contributed by atoms with van der Waals surface area (Å²) < 4.78 is 11.0. The quantitative estimate of drug-likeness (QED) is 0.0471. The normalized spacial score (nSPS) is 24.0. The topological polar surface area (TPSA) is 169 Å². The third-order valence-electron chi connectivity index (χ3n) is 8.63. The van der Waals surface area contributed by atoms with Crippen molar-refractivity contribution < 1.29 is 44.9 Å². The van der Waals surface area contributed by atoms with Crippen molar-refractivity contribution in [1.29, 1.82) is 0 Å². The Morgan fingerprint density at radius 1 is 0.739 bits per heavy atom. The predicted molar refractivity (Wildman–Crippen MR) is 181 cm³/mol. The van der Waals surface area contributed by atoms with Crippen LogP contribution in [0.3, 0.4) is 0 Å². The molecule has 0 spiro atoms. The van der Waals surface area contributed by atoms with Crippen molar-refractivity contribution in [1.82, 2.24) is 5.32 Å². The summed E-state index contributed by atoms with van der Waals surface area (Å²) in [5.74, 6) is -0.635. The van der Waals surface area contributed by atoms with Crippen molar-refractivity contribution >= 4 is 5.91 Å². The molecule has 1 amide bonds. The fraction of sp³-hybridized carbons (Fsp3) is 0.861. The van der Waals surface area contributed by atoms with Gasteiger partial charge in [0.15, 0.2) is 6.29 Å². The highest BCUT2D eigenvalue weighted by molar-refractivity contribution is 5.80.